The molecule has 0 saturated carbocycles. The van der Waals surface area contributed by atoms with Gasteiger partial charge in [0.25, 0.3) is 0 Å². The van der Waals surface area contributed by atoms with E-state index >= 15 is 0 Å². The topological polar surface area (TPSA) is 37.8 Å². The van der Waals surface area contributed by atoms with Crippen molar-refractivity contribution in [2.24, 2.45) is 0 Å². The Balaban J connectivity index is 2.41. The summed E-state index contributed by atoms with van der Waals surface area (Å²) in [6.45, 7) is 2.61. The number of aromatic nitrogens is 2. The van der Waals surface area contributed by atoms with Crippen LogP contribution in [0.3, 0.4) is 0 Å². The van der Waals surface area contributed by atoms with Gasteiger partial charge in [0.2, 0.25) is 10.1 Å². The van der Waals surface area contributed by atoms with Crippen molar-refractivity contribution < 1.29 is 13.2 Å². The highest BCUT2D eigenvalue weighted by atomic mass is 79.9. The minimum atomic E-state index is -4.40. The molecule has 8 heteroatoms. The first kappa shape index (κ1) is 13.7. The Labute approximate surface area is 104 Å². The van der Waals surface area contributed by atoms with Gasteiger partial charge in [-0.1, -0.05) is 34.2 Å². The molecular formula is C8H11BrF3N3S. The minimum absolute atomic E-state index is 0.211. The van der Waals surface area contributed by atoms with Crippen LogP contribution in [0.15, 0.2) is 0 Å². The summed E-state index contributed by atoms with van der Waals surface area (Å²) in [5.74, 6) is 0. The fourth-order valence-corrected chi connectivity index (χ4v) is 1.81. The predicted molar refractivity (Wildman–Crippen MR) is 61.0 cm³/mol. The molecule has 1 unspecified atom stereocenters. The molecule has 0 spiro atoms. The highest BCUT2D eigenvalue weighted by Crippen LogP contribution is 2.32. The van der Waals surface area contributed by atoms with Gasteiger partial charge in [-0.3, -0.25) is 0 Å². The maximum Gasteiger partial charge on any atom is 0.445 e. The zero-order chi connectivity index (χ0) is 12.2. The molecule has 1 N–H and O–H groups in total. The molecule has 0 radical (unpaired) electrons. The molecule has 1 aromatic rings. The van der Waals surface area contributed by atoms with Gasteiger partial charge in [-0.25, -0.2) is 0 Å². The normalized spacial score (nSPS) is 13.8. The molecule has 92 valence electrons. The number of nitrogens with one attached hydrogen (secondary N) is 1. The Kier molecular flexibility index (Phi) is 4.97. The molecule has 1 atom stereocenters. The average Bonchev–Trinajstić information content (AvgIpc) is 2.65. The second kappa shape index (κ2) is 5.81. The molecule has 3 nitrogen and oxygen atoms in total. The Morgan fingerprint density at radius 1 is 1.44 bits per heavy atom. The van der Waals surface area contributed by atoms with E-state index in [4.69, 9.17) is 0 Å². The number of hydrogen-bond donors (Lipinski definition) is 1. The van der Waals surface area contributed by atoms with Crippen LogP contribution in [0.5, 0.6) is 0 Å². The molecule has 16 heavy (non-hydrogen) atoms. The quantitative estimate of drug-likeness (QED) is 0.844. The summed E-state index contributed by atoms with van der Waals surface area (Å²) < 4.78 is 36.5. The first-order chi connectivity index (χ1) is 7.43. The van der Waals surface area contributed by atoms with Crippen LogP contribution in [0.4, 0.5) is 18.3 Å². The first-order valence-electron chi connectivity index (χ1n) is 4.72. The van der Waals surface area contributed by atoms with E-state index in [9.17, 15) is 13.2 Å². The second-order valence-corrected chi connectivity index (χ2v) is 5.40. The van der Waals surface area contributed by atoms with Crippen LogP contribution >= 0.6 is 27.3 Å². The third-order valence-electron chi connectivity index (χ3n) is 1.84. The van der Waals surface area contributed by atoms with Crippen molar-refractivity contribution in [1.29, 1.82) is 0 Å². The Hall–Kier alpha value is -0.370. The van der Waals surface area contributed by atoms with E-state index in [-0.39, 0.29) is 5.13 Å². The number of anilines is 1. The molecule has 1 heterocycles. The van der Waals surface area contributed by atoms with E-state index < -0.39 is 11.2 Å². The van der Waals surface area contributed by atoms with Crippen molar-refractivity contribution in [2.75, 3.05) is 11.9 Å². The Bertz CT molecular complexity index is 329. The third kappa shape index (κ3) is 4.25. The van der Waals surface area contributed by atoms with Crippen LogP contribution in [0.25, 0.3) is 0 Å². The third-order valence-corrected chi connectivity index (χ3v) is 3.88. The van der Waals surface area contributed by atoms with Crippen LogP contribution < -0.4 is 5.32 Å². The van der Waals surface area contributed by atoms with Gasteiger partial charge in [0.15, 0.2) is 0 Å². The number of halogens is 4. The lowest BCUT2D eigenvalue weighted by Gasteiger charge is -2.06. The van der Waals surface area contributed by atoms with Crippen molar-refractivity contribution in [3.05, 3.63) is 5.01 Å². The first-order valence-corrected chi connectivity index (χ1v) is 6.45. The van der Waals surface area contributed by atoms with Crippen molar-refractivity contribution >= 4 is 32.4 Å². The van der Waals surface area contributed by atoms with E-state index in [1.165, 1.54) is 0 Å². The summed E-state index contributed by atoms with van der Waals surface area (Å²) >= 11 is 3.96. The second-order valence-electron chi connectivity index (χ2n) is 3.13. The molecule has 0 aliphatic rings. The maximum atomic E-state index is 12.2. The lowest BCUT2D eigenvalue weighted by atomic mass is 10.2. The summed E-state index contributed by atoms with van der Waals surface area (Å²) in [5.41, 5.74) is 0. The summed E-state index contributed by atoms with van der Waals surface area (Å²) in [4.78, 5) is 0.370. The molecule has 0 saturated heterocycles. The smallest absolute Gasteiger partial charge is 0.360 e. The lowest BCUT2D eigenvalue weighted by molar-refractivity contribution is -0.138. The van der Waals surface area contributed by atoms with E-state index in [0.717, 1.165) is 12.8 Å². The SMILES string of the molecule is CCC(Br)CCNc1nnc(C(F)(F)F)s1. The van der Waals surface area contributed by atoms with Gasteiger partial charge in [0, 0.05) is 11.4 Å². The fraction of sp³-hybridized carbons (Fsp3) is 0.750. The molecule has 0 amide bonds. The number of alkyl halides is 4. The Morgan fingerprint density at radius 3 is 2.62 bits per heavy atom. The lowest BCUT2D eigenvalue weighted by Crippen LogP contribution is -2.07. The van der Waals surface area contributed by atoms with Crippen LogP contribution in [0.2, 0.25) is 0 Å². The van der Waals surface area contributed by atoms with Crippen LogP contribution in [0.1, 0.15) is 24.8 Å². The van der Waals surface area contributed by atoms with Gasteiger partial charge in [0.05, 0.1) is 0 Å². The molecule has 0 aliphatic carbocycles. The van der Waals surface area contributed by atoms with Crippen LogP contribution in [-0.4, -0.2) is 21.6 Å². The number of nitrogens with zero attached hydrogens (tertiary/aromatic N) is 2. The predicted octanol–water partition coefficient (Wildman–Crippen LogP) is 3.53. The maximum absolute atomic E-state index is 12.2. The van der Waals surface area contributed by atoms with Crippen LogP contribution in [0, 0.1) is 0 Å². The zero-order valence-electron chi connectivity index (χ0n) is 8.51. The summed E-state index contributed by atoms with van der Waals surface area (Å²) in [5, 5.41) is 8.61. The molecule has 0 bridgehead atoms. The van der Waals surface area contributed by atoms with Crippen molar-refractivity contribution in [3.8, 4) is 0 Å². The largest absolute Gasteiger partial charge is 0.445 e. The summed E-state index contributed by atoms with van der Waals surface area (Å²) in [6, 6.07) is 0. The molecule has 0 fully saturated rings. The monoisotopic (exact) mass is 317 g/mol. The van der Waals surface area contributed by atoms with Crippen molar-refractivity contribution in [1.82, 2.24) is 10.2 Å². The van der Waals surface area contributed by atoms with Gasteiger partial charge in [-0.2, -0.15) is 13.2 Å². The highest BCUT2D eigenvalue weighted by Gasteiger charge is 2.35. The van der Waals surface area contributed by atoms with Gasteiger partial charge in [0.1, 0.15) is 0 Å². The molecular weight excluding hydrogens is 307 g/mol. The van der Waals surface area contributed by atoms with E-state index in [1.807, 2.05) is 6.92 Å². The Morgan fingerprint density at radius 2 is 2.12 bits per heavy atom. The summed E-state index contributed by atoms with van der Waals surface area (Å²) in [7, 11) is 0. The standard InChI is InChI=1S/C8H11BrF3N3S/c1-2-5(9)3-4-13-7-15-14-6(16-7)8(10,11)12/h5H,2-4H2,1H3,(H,13,15). The molecule has 1 aromatic heterocycles. The molecule has 0 aliphatic heterocycles. The zero-order valence-corrected chi connectivity index (χ0v) is 10.9. The van der Waals surface area contributed by atoms with E-state index in [2.05, 4.69) is 31.4 Å². The van der Waals surface area contributed by atoms with Gasteiger partial charge in [-0.05, 0) is 12.8 Å². The van der Waals surface area contributed by atoms with Gasteiger partial charge >= 0.3 is 6.18 Å². The van der Waals surface area contributed by atoms with E-state index in [1.54, 1.807) is 0 Å². The summed E-state index contributed by atoms with van der Waals surface area (Å²) in [6.07, 6.45) is -2.60. The van der Waals surface area contributed by atoms with Crippen molar-refractivity contribution in [3.63, 3.8) is 0 Å². The highest BCUT2D eigenvalue weighted by molar-refractivity contribution is 9.09. The fourth-order valence-electron chi connectivity index (χ4n) is 0.949. The van der Waals surface area contributed by atoms with Gasteiger partial charge < -0.3 is 5.32 Å². The number of rotatable bonds is 5. The van der Waals surface area contributed by atoms with E-state index in [0.29, 0.717) is 22.7 Å². The molecule has 0 aromatic carbocycles. The van der Waals surface area contributed by atoms with Crippen LogP contribution in [-0.2, 0) is 6.18 Å². The average molecular weight is 318 g/mol. The van der Waals surface area contributed by atoms with Gasteiger partial charge in [-0.15, -0.1) is 10.2 Å². The van der Waals surface area contributed by atoms with Crippen molar-refractivity contribution in [2.45, 2.75) is 30.8 Å². The molecule has 1 rings (SSSR count). The number of hydrogen-bond acceptors (Lipinski definition) is 4. The minimum Gasteiger partial charge on any atom is -0.360 e.